The van der Waals surface area contributed by atoms with E-state index in [-0.39, 0.29) is 47.2 Å². The lowest BCUT2D eigenvalue weighted by Crippen LogP contribution is -2.65. The Morgan fingerprint density at radius 3 is 2.00 bits per heavy atom. The zero-order valence-electron chi connectivity index (χ0n) is 37.6. The van der Waals surface area contributed by atoms with Crippen LogP contribution in [0.15, 0.2) is 0 Å². The van der Waals surface area contributed by atoms with Crippen LogP contribution in [0.3, 0.4) is 0 Å². The molecule has 8 aliphatic rings. The SMILES string of the molecule is C[C@H](CC[C@]1(O)O[C@H]2C[C@H]3[C@@H]4CC[C@H]5C[C@@H](O[C@@H]6O[C@H](CO)[C@@H](O)[C@H](O)[C@H]6O[C@@H]6O[C@@H](C)[C@H](O)[C@@H](O)[C@H]6O)[C@H](O)C[C@]5(C)[C@H]4CC[C@]3(C)[C@H]2[C@@H]1C)CO[C@@H]1O[C@H](CO)[C@@H](O)[C@H](O)[C@H]1O. The molecule has 0 radical (unpaired) electrons. The van der Waals surface area contributed by atoms with E-state index in [1.54, 1.807) is 0 Å². The molecule has 4 aliphatic heterocycles. The van der Waals surface area contributed by atoms with Crippen LogP contribution in [0.25, 0.3) is 0 Å². The van der Waals surface area contributed by atoms with Gasteiger partial charge in [0.15, 0.2) is 24.7 Å². The Morgan fingerprint density at radius 1 is 0.672 bits per heavy atom. The van der Waals surface area contributed by atoms with Crippen LogP contribution in [-0.2, 0) is 33.2 Å². The van der Waals surface area contributed by atoms with Crippen molar-refractivity contribution in [1.29, 1.82) is 0 Å². The van der Waals surface area contributed by atoms with Crippen LogP contribution < -0.4 is 0 Å². The van der Waals surface area contributed by atoms with Crippen LogP contribution in [-0.4, -0.2) is 197 Å². The maximum atomic E-state index is 12.1. The van der Waals surface area contributed by atoms with Crippen LogP contribution in [0, 0.1) is 52.3 Å². The van der Waals surface area contributed by atoms with Crippen LogP contribution in [0.4, 0.5) is 0 Å². The van der Waals surface area contributed by atoms with Gasteiger partial charge in [-0.05, 0) is 105 Å². The first-order chi connectivity index (χ1) is 30.2. The van der Waals surface area contributed by atoms with E-state index in [1.165, 1.54) is 6.92 Å². The van der Waals surface area contributed by atoms with Crippen molar-refractivity contribution in [1.82, 2.24) is 0 Å². The van der Waals surface area contributed by atoms with Gasteiger partial charge in [0.05, 0.1) is 44.2 Å². The molecule has 0 bridgehead atoms. The molecule has 4 saturated carbocycles. The second-order valence-corrected chi connectivity index (χ2v) is 21.6. The molecule has 0 spiro atoms. The third kappa shape index (κ3) is 8.55. The third-order valence-electron chi connectivity index (χ3n) is 18.0. The highest BCUT2D eigenvalue weighted by molar-refractivity contribution is 5.15. The number of aliphatic hydroxyl groups excluding tert-OH is 11. The Labute approximate surface area is 374 Å². The smallest absolute Gasteiger partial charge is 0.187 e. The van der Waals surface area contributed by atoms with Gasteiger partial charge in [-0.1, -0.05) is 27.7 Å². The molecule has 4 saturated heterocycles. The summed E-state index contributed by atoms with van der Waals surface area (Å²) in [5.41, 5.74) is -0.263. The second kappa shape index (κ2) is 18.9. The maximum absolute atomic E-state index is 12.1. The van der Waals surface area contributed by atoms with E-state index < -0.39 is 123 Å². The van der Waals surface area contributed by atoms with Crippen molar-refractivity contribution in [3.05, 3.63) is 0 Å². The number of ether oxygens (including phenoxy) is 7. The van der Waals surface area contributed by atoms with Crippen LogP contribution in [0.5, 0.6) is 0 Å². The first kappa shape index (κ1) is 49.7. The third-order valence-corrected chi connectivity index (χ3v) is 18.0. The Morgan fingerprint density at radius 2 is 1.31 bits per heavy atom. The Kier molecular flexibility index (Phi) is 14.6. The molecule has 4 aliphatic carbocycles. The van der Waals surface area contributed by atoms with E-state index >= 15 is 0 Å². The first-order valence-electron chi connectivity index (χ1n) is 23.8. The van der Waals surface area contributed by atoms with Gasteiger partial charge in [0.25, 0.3) is 0 Å². The molecular weight excluding hydrogens is 844 g/mol. The van der Waals surface area contributed by atoms with E-state index in [1.807, 2.05) is 6.92 Å². The molecule has 0 aromatic rings. The van der Waals surface area contributed by atoms with Crippen molar-refractivity contribution in [2.24, 2.45) is 52.3 Å². The van der Waals surface area contributed by atoms with Crippen molar-refractivity contribution in [3.63, 3.8) is 0 Å². The summed E-state index contributed by atoms with van der Waals surface area (Å²) in [7, 11) is 0. The lowest BCUT2D eigenvalue weighted by atomic mass is 9.44. The van der Waals surface area contributed by atoms with Crippen molar-refractivity contribution in [2.75, 3.05) is 19.8 Å². The Bertz CT molecular complexity index is 1580. The molecule has 0 unspecified atom stereocenters. The van der Waals surface area contributed by atoms with E-state index in [0.717, 1.165) is 32.1 Å². The molecule has 19 heteroatoms. The fourth-order valence-electron chi connectivity index (χ4n) is 14.1. The first-order valence-corrected chi connectivity index (χ1v) is 23.8. The van der Waals surface area contributed by atoms with Gasteiger partial charge >= 0.3 is 0 Å². The minimum absolute atomic E-state index is 0.0563. The fourth-order valence-corrected chi connectivity index (χ4v) is 14.1. The predicted octanol–water partition coefficient (Wildman–Crippen LogP) is -1.78. The highest BCUT2D eigenvalue weighted by atomic mass is 16.8. The number of hydrogen-bond acceptors (Lipinski definition) is 19. The average Bonchev–Trinajstić information content (AvgIpc) is 3.70. The molecule has 19 nitrogen and oxygen atoms in total. The van der Waals surface area contributed by atoms with E-state index in [4.69, 9.17) is 33.2 Å². The van der Waals surface area contributed by atoms with Crippen LogP contribution >= 0.6 is 0 Å². The predicted molar refractivity (Wildman–Crippen MR) is 219 cm³/mol. The zero-order valence-corrected chi connectivity index (χ0v) is 37.6. The summed E-state index contributed by atoms with van der Waals surface area (Å²) in [4.78, 5) is 0. The highest BCUT2D eigenvalue weighted by Crippen LogP contribution is 2.71. The average molecular weight is 921 g/mol. The maximum Gasteiger partial charge on any atom is 0.187 e. The molecule has 0 amide bonds. The summed E-state index contributed by atoms with van der Waals surface area (Å²) >= 11 is 0. The molecular formula is C45H76O19. The molecule has 0 aromatic carbocycles. The van der Waals surface area contributed by atoms with Crippen molar-refractivity contribution < 1.29 is 94.4 Å². The van der Waals surface area contributed by atoms with Gasteiger partial charge in [-0.25, -0.2) is 0 Å². The number of aliphatic hydroxyl groups is 12. The number of hydrogen-bond donors (Lipinski definition) is 12. The lowest BCUT2D eigenvalue weighted by molar-refractivity contribution is -0.374. The van der Waals surface area contributed by atoms with Gasteiger partial charge in [-0.3, -0.25) is 0 Å². The molecule has 64 heavy (non-hydrogen) atoms. The van der Waals surface area contributed by atoms with Crippen LogP contribution in [0.1, 0.15) is 92.4 Å². The lowest BCUT2D eigenvalue weighted by Gasteiger charge is -2.62. The Hall–Kier alpha value is -0.760. The Balaban J connectivity index is 0.883. The molecule has 8 fully saturated rings. The molecule has 8 rings (SSSR count). The van der Waals surface area contributed by atoms with Crippen LogP contribution in [0.2, 0.25) is 0 Å². The van der Waals surface area contributed by atoms with Gasteiger partial charge < -0.3 is 94.4 Å². The largest absolute Gasteiger partial charge is 0.394 e. The summed E-state index contributed by atoms with van der Waals surface area (Å²) in [6.45, 7) is 9.19. The standard InChI is InChI=1S/C45H76O19/c1-18(17-58-40-37(55)35(53)32(50)28(15-46)61-40)8-11-45(57)19(2)30-27(64-45)13-24-22-7-6-21-12-26(25(48)14-44(21,5)23(22)9-10-43(24,30)4)60-42-39(36(54)33(51)29(16-47)62-42)63-41-38(56)34(52)31(49)20(3)59-41/h18-42,46-57H,6-17H2,1-5H3/t18-,19+,20+,21+,22-,23+,24+,25-,26-,27+,28-,29-,30+,31+,32-,33-,34-,35+,36+,37-,38-,39-,40-,41+,42-,43+,44+,45+/m1/s1. The zero-order chi connectivity index (χ0) is 46.4. The topological polar surface area (TPSA) is 307 Å². The normalized spacial score (nSPS) is 56.8. The van der Waals surface area contributed by atoms with E-state index in [9.17, 15) is 61.3 Å². The van der Waals surface area contributed by atoms with Gasteiger partial charge in [-0.2, -0.15) is 0 Å². The van der Waals surface area contributed by atoms with Gasteiger partial charge in [0.1, 0.15) is 67.1 Å². The molecule has 28 atom stereocenters. The molecule has 370 valence electrons. The van der Waals surface area contributed by atoms with Gasteiger partial charge in [0, 0.05) is 12.3 Å². The minimum atomic E-state index is -1.70. The van der Waals surface area contributed by atoms with E-state index in [2.05, 4.69) is 20.8 Å². The second-order valence-electron chi connectivity index (χ2n) is 21.6. The minimum Gasteiger partial charge on any atom is -0.394 e. The summed E-state index contributed by atoms with van der Waals surface area (Å²) in [5, 5.41) is 127. The van der Waals surface area contributed by atoms with Crippen molar-refractivity contribution in [3.8, 4) is 0 Å². The summed E-state index contributed by atoms with van der Waals surface area (Å²) < 4.78 is 41.9. The highest BCUT2D eigenvalue weighted by Gasteiger charge is 2.69. The van der Waals surface area contributed by atoms with E-state index in [0.29, 0.717) is 43.4 Å². The molecule has 4 heterocycles. The van der Waals surface area contributed by atoms with Gasteiger partial charge in [0.2, 0.25) is 0 Å². The number of fused-ring (bicyclic) bond motifs is 7. The van der Waals surface area contributed by atoms with Crippen molar-refractivity contribution in [2.45, 2.75) is 209 Å². The molecule has 0 aromatic heterocycles. The quantitative estimate of drug-likeness (QED) is 0.0964. The van der Waals surface area contributed by atoms with Crippen molar-refractivity contribution >= 4 is 0 Å². The molecule has 12 N–H and O–H groups in total. The fraction of sp³-hybridized carbons (Fsp3) is 1.00. The van der Waals surface area contributed by atoms with Gasteiger partial charge in [-0.15, -0.1) is 0 Å². The summed E-state index contributed by atoms with van der Waals surface area (Å²) in [6.07, 6.45) is -16.4. The summed E-state index contributed by atoms with van der Waals surface area (Å²) in [5.74, 6) is -0.0681. The monoisotopic (exact) mass is 920 g/mol. The summed E-state index contributed by atoms with van der Waals surface area (Å²) in [6, 6.07) is 0. The number of rotatable bonds is 12.